The molecule has 0 aliphatic heterocycles. The van der Waals surface area contributed by atoms with Crippen LogP contribution in [0.4, 0.5) is 4.39 Å². The van der Waals surface area contributed by atoms with Crippen molar-refractivity contribution in [2.75, 3.05) is 0 Å². The van der Waals surface area contributed by atoms with Gasteiger partial charge in [0.05, 0.1) is 5.02 Å². The molecule has 3 aromatic rings. The number of carbonyl (C=O) groups excluding carboxylic acids is 2. The Balaban J connectivity index is 1.69. The topological polar surface area (TPSA) is 43.4 Å². The van der Waals surface area contributed by atoms with Gasteiger partial charge >= 0.3 is 5.97 Å². The number of ketones is 1. The highest BCUT2D eigenvalue weighted by Crippen LogP contribution is 2.21. The molecule has 0 aliphatic carbocycles. The molecule has 1 aromatic heterocycles. The maximum atomic E-state index is 13.7. The van der Waals surface area contributed by atoms with Gasteiger partial charge in [0.2, 0.25) is 0 Å². The Hall–Kier alpha value is -2.76. The van der Waals surface area contributed by atoms with Crippen LogP contribution >= 0.6 is 22.9 Å². The molecule has 2 aromatic carbocycles. The van der Waals surface area contributed by atoms with Crippen LogP contribution in [-0.4, -0.2) is 11.8 Å². The van der Waals surface area contributed by atoms with Crippen molar-refractivity contribution in [3.63, 3.8) is 0 Å². The van der Waals surface area contributed by atoms with Crippen LogP contribution in [0.3, 0.4) is 0 Å². The van der Waals surface area contributed by atoms with E-state index in [1.54, 1.807) is 23.6 Å². The van der Waals surface area contributed by atoms with Gasteiger partial charge in [0, 0.05) is 11.1 Å². The van der Waals surface area contributed by atoms with Crippen molar-refractivity contribution in [3.05, 3.63) is 92.9 Å². The number of benzene rings is 2. The Morgan fingerprint density at radius 2 is 1.81 bits per heavy atom. The molecular formula is C20H12ClFO3S. The van der Waals surface area contributed by atoms with E-state index in [9.17, 15) is 14.0 Å². The minimum absolute atomic E-state index is 0.156. The zero-order valence-electron chi connectivity index (χ0n) is 13.3. The highest BCUT2D eigenvalue weighted by molar-refractivity contribution is 7.12. The molecule has 0 aliphatic rings. The van der Waals surface area contributed by atoms with E-state index in [1.165, 1.54) is 59.9 Å². The summed E-state index contributed by atoms with van der Waals surface area (Å²) in [4.78, 5) is 24.6. The van der Waals surface area contributed by atoms with Gasteiger partial charge in [-0.25, -0.2) is 9.18 Å². The Bertz CT molecular complexity index is 943. The number of carbonyl (C=O) groups is 2. The fraction of sp³-hybridized carbons (Fsp3) is 0. The average Bonchev–Trinajstić information content (AvgIpc) is 3.16. The summed E-state index contributed by atoms with van der Waals surface area (Å²) in [5, 5.41) is 2.01. The summed E-state index contributed by atoms with van der Waals surface area (Å²) in [6, 6.07) is 13.9. The summed E-state index contributed by atoms with van der Waals surface area (Å²) in [6.07, 6.45) is 2.59. The van der Waals surface area contributed by atoms with Gasteiger partial charge in [-0.3, -0.25) is 4.79 Å². The molecule has 1 heterocycles. The van der Waals surface area contributed by atoms with Crippen LogP contribution in [0.1, 0.15) is 25.6 Å². The van der Waals surface area contributed by atoms with Crippen LogP contribution in [0.5, 0.6) is 5.75 Å². The van der Waals surface area contributed by atoms with Gasteiger partial charge in [-0.1, -0.05) is 23.7 Å². The molecule has 130 valence electrons. The average molecular weight is 387 g/mol. The first kappa shape index (κ1) is 18.0. The molecular weight excluding hydrogens is 375 g/mol. The Kier molecular flexibility index (Phi) is 5.61. The summed E-state index contributed by atoms with van der Waals surface area (Å²) >= 11 is 7.21. The summed E-state index contributed by atoms with van der Waals surface area (Å²) < 4.78 is 18.9. The van der Waals surface area contributed by atoms with Gasteiger partial charge in [-0.15, -0.1) is 11.3 Å². The fourth-order valence-corrected chi connectivity index (χ4v) is 2.99. The molecule has 0 fully saturated rings. The smallest absolute Gasteiger partial charge is 0.353 e. The first-order chi connectivity index (χ1) is 12.5. The van der Waals surface area contributed by atoms with Crippen molar-refractivity contribution in [2.45, 2.75) is 0 Å². The number of halogens is 2. The zero-order valence-corrected chi connectivity index (χ0v) is 14.9. The molecule has 0 amide bonds. The van der Waals surface area contributed by atoms with Crippen LogP contribution in [0.25, 0.3) is 6.08 Å². The van der Waals surface area contributed by atoms with E-state index in [1.807, 2.05) is 0 Å². The SMILES string of the molecule is O=C(C=Cc1c(F)cccc1Cl)c1ccc(OC(=O)c2cccs2)cc1. The molecule has 26 heavy (non-hydrogen) atoms. The van der Waals surface area contributed by atoms with Crippen molar-refractivity contribution >= 4 is 40.8 Å². The molecule has 0 spiro atoms. The molecule has 0 radical (unpaired) electrons. The quantitative estimate of drug-likeness (QED) is 0.246. The van der Waals surface area contributed by atoms with Crippen LogP contribution < -0.4 is 4.74 Å². The maximum Gasteiger partial charge on any atom is 0.353 e. The zero-order chi connectivity index (χ0) is 18.5. The Morgan fingerprint density at radius 1 is 1.04 bits per heavy atom. The first-order valence-electron chi connectivity index (χ1n) is 7.57. The lowest BCUT2D eigenvalue weighted by Crippen LogP contribution is -2.06. The summed E-state index contributed by atoms with van der Waals surface area (Å²) in [6.45, 7) is 0. The van der Waals surface area contributed by atoms with Crippen LogP contribution in [0.2, 0.25) is 5.02 Å². The lowest BCUT2D eigenvalue weighted by molar-refractivity contribution is 0.0740. The monoisotopic (exact) mass is 386 g/mol. The number of allylic oxidation sites excluding steroid dienone is 1. The highest BCUT2D eigenvalue weighted by atomic mass is 35.5. The van der Waals surface area contributed by atoms with Crippen LogP contribution in [-0.2, 0) is 0 Å². The van der Waals surface area contributed by atoms with Gasteiger partial charge in [-0.05, 0) is 60.0 Å². The van der Waals surface area contributed by atoms with E-state index >= 15 is 0 Å². The largest absolute Gasteiger partial charge is 0.422 e. The number of hydrogen-bond donors (Lipinski definition) is 0. The van der Waals surface area contributed by atoms with Crippen molar-refractivity contribution < 1.29 is 18.7 Å². The first-order valence-corrected chi connectivity index (χ1v) is 8.82. The molecule has 0 N–H and O–H groups in total. The predicted octanol–water partition coefficient (Wildman–Crippen LogP) is 5.66. The normalized spacial score (nSPS) is 10.8. The fourth-order valence-electron chi connectivity index (χ4n) is 2.16. The second-order valence-electron chi connectivity index (χ2n) is 5.22. The summed E-state index contributed by atoms with van der Waals surface area (Å²) in [5.41, 5.74) is 0.536. The van der Waals surface area contributed by atoms with E-state index in [0.717, 1.165) is 0 Å². The third-order valence-electron chi connectivity index (χ3n) is 3.47. The second kappa shape index (κ2) is 8.08. The number of rotatable bonds is 5. The Labute approximate surface area is 158 Å². The van der Waals surface area contributed by atoms with Crippen molar-refractivity contribution in [2.24, 2.45) is 0 Å². The van der Waals surface area contributed by atoms with E-state index < -0.39 is 11.8 Å². The second-order valence-corrected chi connectivity index (χ2v) is 6.58. The number of hydrogen-bond acceptors (Lipinski definition) is 4. The minimum Gasteiger partial charge on any atom is -0.422 e. The standard InChI is InChI=1S/C20H12ClFO3S/c21-16-3-1-4-17(22)15(16)10-11-18(23)13-6-8-14(9-7-13)25-20(24)19-5-2-12-26-19/h1-12H. The maximum absolute atomic E-state index is 13.7. The molecule has 0 unspecified atom stereocenters. The molecule has 0 saturated heterocycles. The molecule has 0 atom stereocenters. The van der Waals surface area contributed by atoms with E-state index in [-0.39, 0.29) is 16.4 Å². The van der Waals surface area contributed by atoms with E-state index in [4.69, 9.17) is 16.3 Å². The van der Waals surface area contributed by atoms with Gasteiger partial charge < -0.3 is 4.74 Å². The van der Waals surface area contributed by atoms with Gasteiger partial charge in [0.15, 0.2) is 5.78 Å². The predicted molar refractivity (Wildman–Crippen MR) is 100 cm³/mol. The molecule has 3 nitrogen and oxygen atoms in total. The number of thiophene rings is 1. The number of ether oxygens (including phenoxy) is 1. The van der Waals surface area contributed by atoms with Crippen LogP contribution in [0.15, 0.2) is 66.1 Å². The van der Waals surface area contributed by atoms with Gasteiger partial charge in [0.1, 0.15) is 16.4 Å². The molecule has 0 saturated carbocycles. The summed E-state index contributed by atoms with van der Waals surface area (Å²) in [5.74, 6) is -0.938. The Morgan fingerprint density at radius 3 is 2.46 bits per heavy atom. The molecule has 6 heteroatoms. The van der Waals surface area contributed by atoms with E-state index in [2.05, 4.69) is 0 Å². The molecule has 3 rings (SSSR count). The van der Waals surface area contributed by atoms with Crippen molar-refractivity contribution in [1.82, 2.24) is 0 Å². The lowest BCUT2D eigenvalue weighted by Gasteiger charge is -2.03. The van der Waals surface area contributed by atoms with Gasteiger partial charge in [0.25, 0.3) is 0 Å². The number of esters is 1. The third kappa shape index (κ3) is 4.25. The lowest BCUT2D eigenvalue weighted by atomic mass is 10.1. The van der Waals surface area contributed by atoms with E-state index in [0.29, 0.717) is 16.2 Å². The van der Waals surface area contributed by atoms with Crippen molar-refractivity contribution in [1.29, 1.82) is 0 Å². The minimum atomic E-state index is -0.502. The van der Waals surface area contributed by atoms with Crippen molar-refractivity contribution in [3.8, 4) is 5.75 Å². The molecule has 0 bridgehead atoms. The van der Waals surface area contributed by atoms with Gasteiger partial charge in [-0.2, -0.15) is 0 Å². The summed E-state index contributed by atoms with van der Waals surface area (Å²) in [7, 11) is 0. The van der Waals surface area contributed by atoms with Crippen LogP contribution in [0, 0.1) is 5.82 Å². The third-order valence-corrected chi connectivity index (χ3v) is 4.65. The highest BCUT2D eigenvalue weighted by Gasteiger charge is 2.10.